The van der Waals surface area contributed by atoms with Crippen molar-refractivity contribution in [2.75, 3.05) is 45.0 Å². The highest BCUT2D eigenvalue weighted by atomic mass is 32.2. The minimum Gasteiger partial charge on any atom is -0.330 e. The Morgan fingerprint density at radius 1 is 1.00 bits per heavy atom. The van der Waals surface area contributed by atoms with Crippen molar-refractivity contribution in [2.45, 2.75) is 32.1 Å². The second-order valence-electron chi connectivity index (χ2n) is 5.81. The summed E-state index contributed by atoms with van der Waals surface area (Å²) in [4.78, 5) is 2.37. The molecule has 0 aromatic heterocycles. The van der Waals surface area contributed by atoms with Crippen LogP contribution >= 0.6 is 0 Å². The monoisotopic (exact) mass is 289 g/mol. The molecule has 1 aliphatic carbocycles. The van der Waals surface area contributed by atoms with Crippen LogP contribution in [0.25, 0.3) is 0 Å². The summed E-state index contributed by atoms with van der Waals surface area (Å²) in [6.07, 6.45) is 5.64. The van der Waals surface area contributed by atoms with Crippen LogP contribution in [0.2, 0.25) is 0 Å². The van der Waals surface area contributed by atoms with Crippen molar-refractivity contribution in [3.05, 3.63) is 0 Å². The third kappa shape index (κ3) is 5.02. The van der Waals surface area contributed by atoms with E-state index in [1.165, 1.54) is 12.8 Å². The normalized spacial score (nSPS) is 22.8. The molecule has 0 atom stereocenters. The van der Waals surface area contributed by atoms with E-state index >= 15 is 0 Å². The number of sulfonamides is 1. The predicted octanol–water partition coefficient (Wildman–Crippen LogP) is 0.473. The van der Waals surface area contributed by atoms with E-state index in [0.29, 0.717) is 24.8 Å². The Morgan fingerprint density at radius 3 is 2.26 bits per heavy atom. The van der Waals surface area contributed by atoms with Crippen molar-refractivity contribution < 1.29 is 8.42 Å². The molecule has 2 aliphatic rings. The fourth-order valence-electron chi connectivity index (χ4n) is 2.58. The lowest BCUT2D eigenvalue weighted by atomic mass is 10.2. The van der Waals surface area contributed by atoms with Crippen LogP contribution in [0, 0.1) is 5.92 Å². The molecule has 5 nitrogen and oxygen atoms in total. The van der Waals surface area contributed by atoms with Gasteiger partial charge >= 0.3 is 0 Å². The maximum absolute atomic E-state index is 12.1. The molecule has 1 heterocycles. The van der Waals surface area contributed by atoms with Gasteiger partial charge in [-0.3, -0.25) is 0 Å². The summed E-state index contributed by atoms with van der Waals surface area (Å²) in [5.41, 5.74) is 5.47. The van der Waals surface area contributed by atoms with Gasteiger partial charge in [0.25, 0.3) is 0 Å². The first kappa shape index (κ1) is 15.2. The Morgan fingerprint density at radius 2 is 1.68 bits per heavy atom. The van der Waals surface area contributed by atoms with E-state index in [9.17, 15) is 8.42 Å². The van der Waals surface area contributed by atoms with Gasteiger partial charge in [0.2, 0.25) is 10.0 Å². The Bertz CT molecular complexity index is 360. The molecule has 0 radical (unpaired) electrons. The molecule has 6 heteroatoms. The number of hydrogen-bond acceptors (Lipinski definition) is 4. The van der Waals surface area contributed by atoms with Crippen molar-refractivity contribution in [3.63, 3.8) is 0 Å². The first-order valence-electron chi connectivity index (χ1n) is 7.52. The highest BCUT2D eigenvalue weighted by Crippen LogP contribution is 2.31. The molecule has 19 heavy (non-hydrogen) atoms. The van der Waals surface area contributed by atoms with E-state index in [-0.39, 0.29) is 0 Å². The van der Waals surface area contributed by atoms with Gasteiger partial charge in [-0.2, -0.15) is 4.31 Å². The Kier molecular flexibility index (Phi) is 5.62. The first-order valence-corrected chi connectivity index (χ1v) is 9.13. The molecule has 0 aromatic carbocycles. The van der Waals surface area contributed by atoms with Crippen LogP contribution in [0.4, 0.5) is 0 Å². The summed E-state index contributed by atoms with van der Waals surface area (Å²) in [5, 5.41) is 0. The standard InChI is InChI=1S/C13H27N3O2S/c14-6-2-1-3-7-15-8-10-16(11-9-15)19(17,18)12-13-4-5-13/h13H,1-12,14H2. The third-order valence-corrected chi connectivity index (χ3v) is 6.09. The zero-order valence-electron chi connectivity index (χ0n) is 11.8. The third-order valence-electron chi connectivity index (χ3n) is 4.05. The molecule has 2 fully saturated rings. The van der Waals surface area contributed by atoms with E-state index in [1.807, 2.05) is 0 Å². The topological polar surface area (TPSA) is 66.6 Å². The van der Waals surface area contributed by atoms with E-state index in [4.69, 9.17) is 5.73 Å². The molecule has 0 unspecified atom stereocenters. The van der Waals surface area contributed by atoms with Crippen LogP contribution in [-0.2, 0) is 10.0 Å². The zero-order valence-corrected chi connectivity index (χ0v) is 12.6. The molecule has 1 saturated carbocycles. The van der Waals surface area contributed by atoms with Gasteiger partial charge in [0.1, 0.15) is 0 Å². The lowest BCUT2D eigenvalue weighted by Gasteiger charge is -2.34. The number of hydrogen-bond donors (Lipinski definition) is 1. The van der Waals surface area contributed by atoms with Crippen LogP contribution < -0.4 is 5.73 Å². The van der Waals surface area contributed by atoms with Gasteiger partial charge in [0.15, 0.2) is 0 Å². The number of unbranched alkanes of at least 4 members (excludes halogenated alkanes) is 2. The van der Waals surface area contributed by atoms with Gasteiger partial charge in [0.05, 0.1) is 5.75 Å². The quantitative estimate of drug-likeness (QED) is 0.660. The fourth-order valence-corrected chi connectivity index (χ4v) is 4.44. The highest BCUT2D eigenvalue weighted by molar-refractivity contribution is 7.89. The number of nitrogens with zero attached hydrogens (tertiary/aromatic N) is 2. The van der Waals surface area contributed by atoms with E-state index in [2.05, 4.69) is 4.90 Å². The minimum absolute atomic E-state index is 0.378. The number of rotatable bonds is 8. The number of piperazine rings is 1. The van der Waals surface area contributed by atoms with Gasteiger partial charge in [-0.25, -0.2) is 8.42 Å². The van der Waals surface area contributed by atoms with Gasteiger partial charge in [-0.15, -0.1) is 0 Å². The van der Waals surface area contributed by atoms with Gasteiger partial charge in [0, 0.05) is 26.2 Å². The maximum Gasteiger partial charge on any atom is 0.214 e. The van der Waals surface area contributed by atoms with E-state index in [1.54, 1.807) is 4.31 Å². The van der Waals surface area contributed by atoms with Crippen molar-refractivity contribution in [1.82, 2.24) is 9.21 Å². The second-order valence-corrected chi connectivity index (χ2v) is 7.83. The molecule has 112 valence electrons. The summed E-state index contributed by atoms with van der Waals surface area (Å²) < 4.78 is 26.0. The lowest BCUT2D eigenvalue weighted by molar-refractivity contribution is 0.185. The van der Waals surface area contributed by atoms with E-state index < -0.39 is 10.0 Å². The Balaban J connectivity index is 1.66. The molecule has 0 bridgehead atoms. The van der Waals surface area contributed by atoms with E-state index in [0.717, 1.165) is 45.4 Å². The van der Waals surface area contributed by atoms with Crippen molar-refractivity contribution >= 4 is 10.0 Å². The van der Waals surface area contributed by atoms with Gasteiger partial charge in [-0.1, -0.05) is 6.42 Å². The fraction of sp³-hybridized carbons (Fsp3) is 1.00. The van der Waals surface area contributed by atoms with Crippen LogP contribution in [0.1, 0.15) is 32.1 Å². The van der Waals surface area contributed by atoms with Crippen LogP contribution in [0.15, 0.2) is 0 Å². The molecule has 2 rings (SSSR count). The molecule has 1 aliphatic heterocycles. The van der Waals surface area contributed by atoms with Crippen LogP contribution in [0.3, 0.4) is 0 Å². The zero-order chi connectivity index (χ0) is 13.7. The summed E-state index contributed by atoms with van der Waals surface area (Å²) >= 11 is 0. The van der Waals surface area contributed by atoms with Gasteiger partial charge < -0.3 is 10.6 Å². The predicted molar refractivity (Wildman–Crippen MR) is 77.4 cm³/mol. The summed E-state index contributed by atoms with van der Waals surface area (Å²) in [6.45, 7) is 4.96. The largest absolute Gasteiger partial charge is 0.330 e. The van der Waals surface area contributed by atoms with Crippen LogP contribution in [0.5, 0.6) is 0 Å². The maximum atomic E-state index is 12.1. The Labute approximate surface area is 117 Å². The smallest absolute Gasteiger partial charge is 0.214 e. The molecular weight excluding hydrogens is 262 g/mol. The van der Waals surface area contributed by atoms with Crippen molar-refractivity contribution in [1.29, 1.82) is 0 Å². The van der Waals surface area contributed by atoms with Crippen molar-refractivity contribution in [2.24, 2.45) is 11.7 Å². The second kappa shape index (κ2) is 7.02. The molecule has 0 aromatic rings. The lowest BCUT2D eigenvalue weighted by Crippen LogP contribution is -2.49. The summed E-state index contributed by atoms with van der Waals surface area (Å²) in [6, 6.07) is 0. The molecule has 0 spiro atoms. The van der Waals surface area contributed by atoms with Crippen molar-refractivity contribution in [3.8, 4) is 0 Å². The highest BCUT2D eigenvalue weighted by Gasteiger charge is 2.33. The average molecular weight is 289 g/mol. The average Bonchev–Trinajstić information content (AvgIpc) is 3.18. The molecule has 2 N–H and O–H groups in total. The van der Waals surface area contributed by atoms with Gasteiger partial charge in [-0.05, 0) is 44.7 Å². The summed E-state index contributed by atoms with van der Waals surface area (Å²) in [7, 11) is -2.98. The molecule has 0 amide bonds. The first-order chi connectivity index (χ1) is 9.12. The Hall–Kier alpha value is -0.170. The number of nitrogens with two attached hydrogens (primary N) is 1. The molecular formula is C13H27N3O2S. The SMILES string of the molecule is NCCCCCN1CCN(S(=O)(=O)CC2CC2)CC1. The summed E-state index contributed by atoms with van der Waals surface area (Å²) in [5.74, 6) is 0.822. The van der Waals surface area contributed by atoms with Crippen LogP contribution in [-0.4, -0.2) is 62.6 Å². The molecule has 1 saturated heterocycles. The minimum atomic E-state index is -2.98.